The molecule has 0 unspecified atom stereocenters. The largest absolute Gasteiger partial charge is 0.310 e. The van der Waals surface area contributed by atoms with Gasteiger partial charge in [0.1, 0.15) is 5.82 Å². The van der Waals surface area contributed by atoms with Crippen LogP contribution in [0.25, 0.3) is 5.95 Å². The van der Waals surface area contributed by atoms with E-state index in [1.54, 1.807) is 6.07 Å². The Bertz CT molecular complexity index is 1050. The number of H-pyrrole nitrogens is 1. The maximum Gasteiger partial charge on any atom is 0.255 e. The van der Waals surface area contributed by atoms with Gasteiger partial charge in [-0.2, -0.15) is 9.78 Å². The summed E-state index contributed by atoms with van der Waals surface area (Å²) in [6.07, 6.45) is 4.53. The SMILES string of the molecule is Cc1cc(NC(=O)CCCc2ccccc2)n(-c2nc3c(c(=O)[nH]2)CCC3)n1. The lowest BCUT2D eigenvalue weighted by Crippen LogP contribution is -2.21. The van der Waals surface area contributed by atoms with Crippen LogP contribution in [0.5, 0.6) is 0 Å². The molecule has 144 valence electrons. The summed E-state index contributed by atoms with van der Waals surface area (Å²) in [6, 6.07) is 11.9. The number of carbonyl (C=O) groups is 1. The molecule has 0 fully saturated rings. The number of benzene rings is 1. The van der Waals surface area contributed by atoms with Crippen LogP contribution in [-0.2, 0) is 24.1 Å². The van der Waals surface area contributed by atoms with Crippen molar-refractivity contribution >= 4 is 11.7 Å². The Balaban J connectivity index is 1.47. The molecule has 2 aromatic heterocycles. The van der Waals surface area contributed by atoms with Crippen LogP contribution in [-0.4, -0.2) is 25.7 Å². The zero-order chi connectivity index (χ0) is 19.5. The third-order valence-corrected chi connectivity index (χ3v) is 4.94. The average Bonchev–Trinajstić information content (AvgIpc) is 3.29. The summed E-state index contributed by atoms with van der Waals surface area (Å²) in [4.78, 5) is 32.1. The maximum atomic E-state index is 12.4. The van der Waals surface area contributed by atoms with Crippen molar-refractivity contribution in [3.05, 3.63) is 69.3 Å². The molecule has 1 aromatic carbocycles. The van der Waals surface area contributed by atoms with Crippen LogP contribution < -0.4 is 10.9 Å². The summed E-state index contributed by atoms with van der Waals surface area (Å²) in [7, 11) is 0. The highest BCUT2D eigenvalue weighted by molar-refractivity contribution is 5.90. The first-order valence-corrected chi connectivity index (χ1v) is 9.63. The molecule has 4 rings (SSSR count). The molecule has 7 heteroatoms. The number of aromatic nitrogens is 4. The molecule has 0 radical (unpaired) electrons. The second kappa shape index (κ2) is 7.80. The van der Waals surface area contributed by atoms with Crippen molar-refractivity contribution < 1.29 is 4.79 Å². The normalized spacial score (nSPS) is 12.8. The third kappa shape index (κ3) is 3.88. The number of anilines is 1. The molecule has 0 bridgehead atoms. The van der Waals surface area contributed by atoms with Crippen molar-refractivity contribution in [2.75, 3.05) is 5.32 Å². The van der Waals surface area contributed by atoms with Gasteiger partial charge in [0.2, 0.25) is 11.9 Å². The highest BCUT2D eigenvalue weighted by Crippen LogP contribution is 2.19. The van der Waals surface area contributed by atoms with Crippen LogP contribution in [0.3, 0.4) is 0 Å². The van der Waals surface area contributed by atoms with E-state index in [-0.39, 0.29) is 11.5 Å². The predicted molar refractivity (Wildman–Crippen MR) is 107 cm³/mol. The number of amides is 1. The van der Waals surface area contributed by atoms with Crippen molar-refractivity contribution in [3.8, 4) is 5.95 Å². The molecule has 1 aliphatic carbocycles. The number of rotatable bonds is 6. The second-order valence-electron chi connectivity index (χ2n) is 7.14. The topological polar surface area (TPSA) is 92.7 Å². The summed E-state index contributed by atoms with van der Waals surface area (Å²) in [5.74, 6) is 0.780. The molecule has 0 saturated carbocycles. The van der Waals surface area contributed by atoms with Crippen molar-refractivity contribution in [2.45, 2.75) is 45.4 Å². The van der Waals surface area contributed by atoms with Gasteiger partial charge in [0, 0.05) is 18.1 Å². The third-order valence-electron chi connectivity index (χ3n) is 4.94. The van der Waals surface area contributed by atoms with Gasteiger partial charge in [-0.1, -0.05) is 30.3 Å². The Morgan fingerprint density at radius 3 is 2.89 bits per heavy atom. The second-order valence-corrected chi connectivity index (χ2v) is 7.14. The van der Waals surface area contributed by atoms with Crippen LogP contribution in [0.2, 0.25) is 0 Å². The van der Waals surface area contributed by atoms with E-state index < -0.39 is 0 Å². The van der Waals surface area contributed by atoms with E-state index >= 15 is 0 Å². The molecule has 0 aliphatic heterocycles. The quantitative estimate of drug-likeness (QED) is 0.691. The van der Waals surface area contributed by atoms with Crippen LogP contribution in [0.4, 0.5) is 5.82 Å². The maximum absolute atomic E-state index is 12.4. The molecule has 2 heterocycles. The summed E-state index contributed by atoms with van der Waals surface area (Å²) >= 11 is 0. The van der Waals surface area contributed by atoms with E-state index in [4.69, 9.17) is 0 Å². The molecule has 1 amide bonds. The zero-order valence-corrected chi connectivity index (χ0v) is 15.9. The minimum Gasteiger partial charge on any atom is -0.310 e. The predicted octanol–water partition coefficient (Wildman–Crippen LogP) is 2.71. The zero-order valence-electron chi connectivity index (χ0n) is 15.9. The summed E-state index contributed by atoms with van der Waals surface area (Å²) in [5.41, 5.74) is 3.43. The monoisotopic (exact) mass is 377 g/mol. The number of nitrogens with zero attached hydrogens (tertiary/aromatic N) is 3. The number of fused-ring (bicyclic) bond motifs is 1. The molecular formula is C21H23N5O2. The van der Waals surface area contributed by atoms with E-state index in [0.29, 0.717) is 18.2 Å². The van der Waals surface area contributed by atoms with Gasteiger partial charge in [-0.3, -0.25) is 14.6 Å². The first-order chi connectivity index (χ1) is 13.6. The lowest BCUT2D eigenvalue weighted by Gasteiger charge is -2.09. The minimum atomic E-state index is -0.120. The van der Waals surface area contributed by atoms with Gasteiger partial charge in [-0.25, -0.2) is 4.98 Å². The van der Waals surface area contributed by atoms with Gasteiger partial charge in [-0.05, 0) is 44.6 Å². The lowest BCUT2D eigenvalue weighted by atomic mass is 10.1. The molecule has 3 aromatic rings. The van der Waals surface area contributed by atoms with Crippen molar-refractivity contribution in [1.29, 1.82) is 0 Å². The Labute approximate surface area is 162 Å². The first kappa shape index (κ1) is 18.2. The number of carbonyl (C=O) groups excluding carboxylic acids is 1. The van der Waals surface area contributed by atoms with E-state index in [9.17, 15) is 9.59 Å². The molecule has 7 nitrogen and oxygen atoms in total. The Hall–Kier alpha value is -3.22. The first-order valence-electron chi connectivity index (χ1n) is 9.63. The van der Waals surface area contributed by atoms with Crippen LogP contribution in [0.1, 0.15) is 41.8 Å². The fraction of sp³-hybridized carbons (Fsp3) is 0.333. The highest BCUT2D eigenvalue weighted by Gasteiger charge is 2.19. The Morgan fingerprint density at radius 1 is 1.25 bits per heavy atom. The van der Waals surface area contributed by atoms with Crippen LogP contribution >= 0.6 is 0 Å². The van der Waals surface area contributed by atoms with Gasteiger partial charge >= 0.3 is 0 Å². The van der Waals surface area contributed by atoms with Crippen LogP contribution in [0.15, 0.2) is 41.2 Å². The number of hydrogen-bond donors (Lipinski definition) is 2. The molecule has 28 heavy (non-hydrogen) atoms. The summed E-state index contributed by atoms with van der Waals surface area (Å²) in [5, 5.41) is 7.30. The smallest absolute Gasteiger partial charge is 0.255 e. The molecule has 0 spiro atoms. The Kier molecular flexibility index (Phi) is 5.06. The van der Waals surface area contributed by atoms with E-state index in [1.807, 2.05) is 25.1 Å². The molecule has 2 N–H and O–H groups in total. The van der Waals surface area contributed by atoms with Gasteiger partial charge in [0.25, 0.3) is 5.56 Å². The lowest BCUT2D eigenvalue weighted by molar-refractivity contribution is -0.116. The molecular weight excluding hydrogens is 354 g/mol. The summed E-state index contributed by atoms with van der Waals surface area (Å²) < 4.78 is 1.50. The number of nitrogens with one attached hydrogen (secondary N) is 2. The van der Waals surface area contributed by atoms with Crippen LogP contribution in [0, 0.1) is 6.92 Å². The van der Waals surface area contributed by atoms with Gasteiger partial charge in [0.15, 0.2) is 0 Å². The number of aryl methyl sites for hydroxylation is 3. The van der Waals surface area contributed by atoms with Crippen molar-refractivity contribution in [1.82, 2.24) is 19.7 Å². The molecule has 1 aliphatic rings. The van der Waals surface area contributed by atoms with Gasteiger partial charge in [0.05, 0.1) is 11.4 Å². The van der Waals surface area contributed by atoms with Gasteiger partial charge in [-0.15, -0.1) is 0 Å². The van der Waals surface area contributed by atoms with Crippen molar-refractivity contribution in [2.24, 2.45) is 0 Å². The molecule has 0 atom stereocenters. The standard InChI is InChI=1S/C21H23N5O2/c1-14-13-18(23-19(27)12-5-9-15-7-3-2-4-8-15)26(25-14)21-22-17-11-6-10-16(17)20(28)24-21/h2-4,7-8,13H,5-6,9-12H2,1H3,(H,23,27)(H,22,24,28). The molecule has 0 saturated heterocycles. The van der Waals surface area contributed by atoms with Crippen molar-refractivity contribution in [3.63, 3.8) is 0 Å². The fourth-order valence-electron chi connectivity index (χ4n) is 3.58. The van der Waals surface area contributed by atoms with Gasteiger partial charge < -0.3 is 5.32 Å². The van der Waals surface area contributed by atoms with E-state index in [1.165, 1.54) is 10.2 Å². The van der Waals surface area contributed by atoms with E-state index in [0.717, 1.165) is 49.1 Å². The highest BCUT2D eigenvalue weighted by atomic mass is 16.1. The Morgan fingerprint density at radius 2 is 2.07 bits per heavy atom. The average molecular weight is 377 g/mol. The fourth-order valence-corrected chi connectivity index (χ4v) is 3.58. The number of hydrogen-bond acceptors (Lipinski definition) is 4. The minimum absolute atomic E-state index is 0.0828. The summed E-state index contributed by atoms with van der Waals surface area (Å²) in [6.45, 7) is 1.84. The number of aromatic amines is 1. The van der Waals surface area contributed by atoms with E-state index in [2.05, 4.69) is 32.5 Å².